The monoisotopic (exact) mass is 895 g/mol. The highest BCUT2D eigenvalue weighted by atomic mass is 31.2. The number of hydrogen-bond acceptors (Lipinski definition) is 6. The lowest BCUT2D eigenvalue weighted by Crippen LogP contribution is -2.46. The van der Waals surface area contributed by atoms with E-state index in [1.54, 1.807) is 0 Å². The van der Waals surface area contributed by atoms with Crippen LogP contribution in [0.4, 0.5) is 0 Å². The number of hydrogen-bond donors (Lipinski definition) is 2. The average Bonchev–Trinajstić information content (AvgIpc) is 3.23. The number of aliphatic hydroxyl groups is 1. The molecule has 0 aliphatic rings. The van der Waals surface area contributed by atoms with Crippen molar-refractivity contribution in [1.82, 2.24) is 5.32 Å². The fourth-order valence-electron chi connectivity index (χ4n) is 7.69. The molecule has 3 unspecified atom stereocenters. The van der Waals surface area contributed by atoms with Crippen LogP contribution in [-0.2, 0) is 18.4 Å². The Hall–Kier alpha value is -1.28. The van der Waals surface area contributed by atoms with Crippen LogP contribution in [0.3, 0.4) is 0 Å². The van der Waals surface area contributed by atoms with Crippen molar-refractivity contribution in [2.24, 2.45) is 0 Å². The third-order valence-corrected chi connectivity index (χ3v) is 12.8. The molecule has 2 N–H and O–H groups in total. The first-order chi connectivity index (χ1) is 30.0. The number of allylic oxidation sites excluding steroid dienone is 6. The Morgan fingerprint density at radius 3 is 1.35 bits per heavy atom. The van der Waals surface area contributed by atoms with Crippen LogP contribution in [0.25, 0.3) is 0 Å². The van der Waals surface area contributed by atoms with E-state index in [4.69, 9.17) is 9.05 Å². The maximum Gasteiger partial charge on any atom is 0.268 e. The van der Waals surface area contributed by atoms with Crippen molar-refractivity contribution in [2.45, 2.75) is 257 Å². The molecule has 0 aromatic carbocycles. The number of phosphoric ester groups is 1. The summed E-state index contributed by atoms with van der Waals surface area (Å²) < 4.78 is 23.3. The highest BCUT2D eigenvalue weighted by Gasteiger charge is 2.24. The molecule has 0 radical (unpaired) electrons. The third-order valence-electron chi connectivity index (χ3n) is 11.9. The number of unbranched alkanes of at least 4 members (excludes halogenated alkanes) is 29. The van der Waals surface area contributed by atoms with E-state index in [1.165, 1.54) is 167 Å². The van der Waals surface area contributed by atoms with Gasteiger partial charge in [-0.25, -0.2) is 0 Å². The molecule has 0 spiro atoms. The second-order valence-corrected chi connectivity index (χ2v) is 20.6. The second kappa shape index (κ2) is 44.9. The highest BCUT2D eigenvalue weighted by Crippen LogP contribution is 2.38. The van der Waals surface area contributed by atoms with Crippen LogP contribution in [0.5, 0.6) is 0 Å². The third kappa shape index (κ3) is 46.7. The summed E-state index contributed by atoms with van der Waals surface area (Å²) in [6.45, 7) is 4.72. The number of nitrogens with zero attached hydrogens (tertiary/aromatic N) is 1. The van der Waals surface area contributed by atoms with Crippen molar-refractivity contribution in [3.63, 3.8) is 0 Å². The van der Waals surface area contributed by atoms with Crippen molar-refractivity contribution in [2.75, 3.05) is 40.9 Å². The Morgan fingerprint density at radius 1 is 0.565 bits per heavy atom. The van der Waals surface area contributed by atoms with Gasteiger partial charge >= 0.3 is 0 Å². The number of rotatable bonds is 48. The van der Waals surface area contributed by atoms with E-state index >= 15 is 0 Å². The second-order valence-electron chi connectivity index (χ2n) is 19.2. The molecule has 0 aromatic rings. The van der Waals surface area contributed by atoms with Crippen LogP contribution < -0.4 is 10.2 Å². The minimum absolute atomic E-state index is 0.0119. The standard InChI is InChI=1S/C53H103N2O6P/c1-6-8-10-12-14-16-18-20-21-22-23-24-25-26-27-28-29-30-31-32-33-35-37-39-41-43-45-47-53(57)54-51(50-61-62(58,59)60-49-48-55(3,4)5)52(56)46-44-42-40-38-36-34-19-17-15-13-11-9-7-2/h18,20,22-23,25-26,51-52,56H,6-17,19,21,24,27-50H2,1-5H3,(H-,54,57,58,59)/b20-18-,23-22-,26-25-. The Bertz CT molecular complexity index is 1110. The fourth-order valence-corrected chi connectivity index (χ4v) is 8.42. The first-order valence-electron chi connectivity index (χ1n) is 26.3. The summed E-state index contributed by atoms with van der Waals surface area (Å²) in [5.74, 6) is -0.166. The van der Waals surface area contributed by atoms with Gasteiger partial charge in [0.2, 0.25) is 5.91 Å². The molecule has 8 nitrogen and oxygen atoms in total. The van der Waals surface area contributed by atoms with Crippen LogP contribution >= 0.6 is 7.82 Å². The molecule has 0 bridgehead atoms. The minimum atomic E-state index is -4.57. The smallest absolute Gasteiger partial charge is 0.268 e. The Labute approximate surface area is 385 Å². The fraction of sp³-hybridized carbons (Fsp3) is 0.868. The summed E-state index contributed by atoms with van der Waals surface area (Å²) >= 11 is 0. The number of likely N-dealkylation sites (N-methyl/N-ethyl adjacent to an activating group) is 1. The van der Waals surface area contributed by atoms with Gasteiger partial charge in [-0.2, -0.15) is 0 Å². The molecule has 0 aromatic heterocycles. The number of carbonyl (C=O) groups excluding carboxylic acids is 1. The molecule has 0 heterocycles. The largest absolute Gasteiger partial charge is 0.756 e. The van der Waals surface area contributed by atoms with Crippen molar-refractivity contribution >= 4 is 13.7 Å². The predicted molar refractivity (Wildman–Crippen MR) is 265 cm³/mol. The van der Waals surface area contributed by atoms with E-state index in [-0.39, 0.29) is 19.1 Å². The maximum absolute atomic E-state index is 12.9. The lowest BCUT2D eigenvalue weighted by molar-refractivity contribution is -0.870. The number of nitrogens with one attached hydrogen (secondary N) is 1. The summed E-state index contributed by atoms with van der Waals surface area (Å²) in [6.07, 6.45) is 55.9. The van der Waals surface area contributed by atoms with Gasteiger partial charge in [-0.15, -0.1) is 0 Å². The van der Waals surface area contributed by atoms with Crippen LogP contribution in [0.15, 0.2) is 36.5 Å². The van der Waals surface area contributed by atoms with Gasteiger partial charge < -0.3 is 28.8 Å². The number of aliphatic hydroxyl groups excluding tert-OH is 1. The molecule has 0 fully saturated rings. The first-order valence-corrected chi connectivity index (χ1v) is 27.8. The average molecular weight is 895 g/mol. The quantitative estimate of drug-likeness (QED) is 0.0273. The summed E-state index contributed by atoms with van der Waals surface area (Å²) in [4.78, 5) is 25.4. The van der Waals surface area contributed by atoms with Gasteiger partial charge in [0.05, 0.1) is 39.9 Å². The van der Waals surface area contributed by atoms with Crippen molar-refractivity contribution < 1.29 is 32.9 Å². The van der Waals surface area contributed by atoms with E-state index < -0.39 is 20.0 Å². The molecule has 0 aliphatic heterocycles. The van der Waals surface area contributed by atoms with E-state index in [2.05, 4.69) is 55.6 Å². The van der Waals surface area contributed by atoms with E-state index in [1.807, 2.05) is 21.1 Å². The summed E-state index contributed by atoms with van der Waals surface area (Å²) in [6, 6.07) is -0.800. The minimum Gasteiger partial charge on any atom is -0.756 e. The van der Waals surface area contributed by atoms with Crippen LogP contribution in [0.2, 0.25) is 0 Å². The first kappa shape index (κ1) is 60.7. The SMILES string of the molecule is CCCCCCC/C=C\C/C=C\C/C=C\CCCCCCCCCCCCCCC(=O)NC(COP(=O)([O-])OCC[N+](C)(C)C)C(O)CCCCCCCCCCCCCCC. The van der Waals surface area contributed by atoms with Gasteiger partial charge in [-0.05, 0) is 51.4 Å². The van der Waals surface area contributed by atoms with E-state index in [0.29, 0.717) is 23.9 Å². The summed E-state index contributed by atoms with van der Waals surface area (Å²) in [5.41, 5.74) is 0. The normalized spacial score (nSPS) is 14.4. The zero-order chi connectivity index (χ0) is 45.7. The zero-order valence-electron chi connectivity index (χ0n) is 41.6. The lowest BCUT2D eigenvalue weighted by atomic mass is 10.0. The molecule has 0 aliphatic carbocycles. The topological polar surface area (TPSA) is 108 Å². The van der Waals surface area contributed by atoms with Gasteiger partial charge in [0, 0.05) is 6.42 Å². The molecule has 0 saturated heterocycles. The maximum atomic E-state index is 12.9. The van der Waals surface area contributed by atoms with Gasteiger partial charge in [0.1, 0.15) is 13.2 Å². The molecular weight excluding hydrogens is 792 g/mol. The molecule has 3 atom stereocenters. The van der Waals surface area contributed by atoms with Crippen LogP contribution in [0.1, 0.15) is 245 Å². The zero-order valence-corrected chi connectivity index (χ0v) is 42.5. The Morgan fingerprint density at radius 2 is 0.935 bits per heavy atom. The Kier molecular flexibility index (Phi) is 44.0. The highest BCUT2D eigenvalue weighted by molar-refractivity contribution is 7.45. The molecule has 0 saturated carbocycles. The van der Waals surface area contributed by atoms with Crippen molar-refractivity contribution in [3.8, 4) is 0 Å². The van der Waals surface area contributed by atoms with Gasteiger partial charge in [-0.1, -0.05) is 224 Å². The molecule has 62 heavy (non-hydrogen) atoms. The van der Waals surface area contributed by atoms with E-state index in [0.717, 1.165) is 51.4 Å². The number of quaternary nitrogens is 1. The van der Waals surface area contributed by atoms with Crippen molar-refractivity contribution in [1.29, 1.82) is 0 Å². The van der Waals surface area contributed by atoms with Gasteiger partial charge in [0.15, 0.2) is 0 Å². The number of phosphoric acid groups is 1. The molecule has 366 valence electrons. The van der Waals surface area contributed by atoms with Crippen molar-refractivity contribution in [3.05, 3.63) is 36.5 Å². The molecular formula is C53H103N2O6P. The summed E-state index contributed by atoms with van der Waals surface area (Å²) in [5, 5.41) is 13.9. The predicted octanol–water partition coefficient (Wildman–Crippen LogP) is 14.8. The lowest BCUT2D eigenvalue weighted by Gasteiger charge is -2.30. The number of amides is 1. The van der Waals surface area contributed by atoms with Crippen LogP contribution in [0, 0.1) is 0 Å². The van der Waals surface area contributed by atoms with Gasteiger partial charge in [0.25, 0.3) is 7.82 Å². The molecule has 0 rings (SSSR count). The molecule has 1 amide bonds. The van der Waals surface area contributed by atoms with Crippen LogP contribution in [-0.4, -0.2) is 68.5 Å². The summed E-state index contributed by atoms with van der Waals surface area (Å²) in [7, 11) is 1.31. The van der Waals surface area contributed by atoms with E-state index in [9.17, 15) is 19.4 Å². The number of carbonyl (C=O) groups is 1. The van der Waals surface area contributed by atoms with Gasteiger partial charge in [-0.3, -0.25) is 9.36 Å². The molecule has 9 heteroatoms. The Balaban J connectivity index is 4.14.